The van der Waals surface area contributed by atoms with Gasteiger partial charge in [0.15, 0.2) is 0 Å². The number of nitrogens with zero attached hydrogens (tertiary/aromatic N) is 3. The van der Waals surface area contributed by atoms with E-state index in [4.69, 9.17) is 5.11 Å². The Morgan fingerprint density at radius 3 is 3.05 bits per heavy atom. The fourth-order valence-corrected chi connectivity index (χ4v) is 2.65. The number of aliphatic hydroxyl groups excluding tert-OH is 1. The second-order valence-corrected chi connectivity index (χ2v) is 5.17. The summed E-state index contributed by atoms with van der Waals surface area (Å²) in [6.07, 6.45) is 4.10. The van der Waals surface area contributed by atoms with E-state index in [1.807, 2.05) is 6.92 Å². The Bertz CT molecular complexity index is 702. The van der Waals surface area contributed by atoms with Gasteiger partial charge in [0.1, 0.15) is 17.4 Å². The third-order valence-corrected chi connectivity index (χ3v) is 3.76. The number of nitrogens with one attached hydrogen (secondary N) is 1. The number of H-pyrrole nitrogens is 1. The molecule has 2 aromatic rings. The van der Waals surface area contributed by atoms with Gasteiger partial charge in [-0.2, -0.15) is 5.10 Å². The highest BCUT2D eigenvalue weighted by molar-refractivity contribution is 7.19. The standard InChI is InChI=1S/C14H16N4OS/c1-4-6-7-12-17-14-13(20-12)10(11(5-2)16-14)8-15-18(3)9-19/h5,8,16,19H,2,7,9H2,1,3H3/b15-8-. The molecule has 0 saturated heterocycles. The molecule has 0 saturated carbocycles. The number of rotatable bonds is 5. The van der Waals surface area contributed by atoms with Crippen LogP contribution in [0.4, 0.5) is 0 Å². The topological polar surface area (TPSA) is 64.5 Å². The lowest BCUT2D eigenvalue weighted by Gasteiger charge is -2.06. The molecule has 2 aromatic heterocycles. The predicted molar refractivity (Wildman–Crippen MR) is 83.7 cm³/mol. The zero-order valence-corrected chi connectivity index (χ0v) is 12.3. The minimum Gasteiger partial charge on any atom is -0.375 e. The van der Waals surface area contributed by atoms with Crippen LogP contribution in [0.25, 0.3) is 16.4 Å². The Labute approximate surface area is 121 Å². The molecule has 6 heteroatoms. The average molecular weight is 288 g/mol. The normalized spacial score (nSPS) is 10.8. The summed E-state index contributed by atoms with van der Waals surface area (Å²) in [6, 6.07) is 0. The molecule has 0 spiro atoms. The van der Waals surface area contributed by atoms with Crippen molar-refractivity contribution in [3.63, 3.8) is 0 Å². The molecule has 2 N–H and O–H groups in total. The summed E-state index contributed by atoms with van der Waals surface area (Å²) >= 11 is 1.59. The lowest BCUT2D eigenvalue weighted by Crippen LogP contribution is -2.11. The van der Waals surface area contributed by atoms with Crippen molar-refractivity contribution in [1.82, 2.24) is 15.0 Å². The van der Waals surface area contributed by atoms with E-state index in [1.165, 1.54) is 5.01 Å². The number of hydrazone groups is 1. The van der Waals surface area contributed by atoms with Crippen LogP contribution in [-0.4, -0.2) is 40.1 Å². The van der Waals surface area contributed by atoms with Gasteiger partial charge < -0.3 is 10.1 Å². The van der Waals surface area contributed by atoms with Crippen molar-refractivity contribution in [3.05, 3.63) is 22.8 Å². The first-order valence-electron chi connectivity index (χ1n) is 6.09. The smallest absolute Gasteiger partial charge is 0.149 e. The van der Waals surface area contributed by atoms with E-state index in [1.54, 1.807) is 30.7 Å². The molecule has 0 bridgehead atoms. The fraction of sp³-hybridized carbons (Fsp3) is 0.286. The van der Waals surface area contributed by atoms with Crippen LogP contribution in [0.3, 0.4) is 0 Å². The van der Waals surface area contributed by atoms with Crippen LogP contribution < -0.4 is 0 Å². The van der Waals surface area contributed by atoms with E-state index in [2.05, 4.69) is 33.5 Å². The maximum atomic E-state index is 8.96. The van der Waals surface area contributed by atoms with Gasteiger partial charge in [0, 0.05) is 18.3 Å². The van der Waals surface area contributed by atoms with Crippen molar-refractivity contribution >= 4 is 34.0 Å². The van der Waals surface area contributed by atoms with E-state index < -0.39 is 0 Å². The van der Waals surface area contributed by atoms with Crippen molar-refractivity contribution in [2.45, 2.75) is 13.3 Å². The zero-order chi connectivity index (χ0) is 14.5. The number of aromatic nitrogens is 2. The summed E-state index contributed by atoms with van der Waals surface area (Å²) in [5, 5.41) is 15.5. The van der Waals surface area contributed by atoms with Crippen LogP contribution in [-0.2, 0) is 6.42 Å². The first-order valence-corrected chi connectivity index (χ1v) is 6.90. The minimum absolute atomic E-state index is 0.131. The van der Waals surface area contributed by atoms with Gasteiger partial charge in [-0.25, -0.2) is 4.98 Å². The number of aromatic amines is 1. The first-order chi connectivity index (χ1) is 9.69. The molecule has 5 nitrogen and oxygen atoms in total. The Kier molecular flexibility index (Phi) is 4.56. The Hall–Kier alpha value is -2.10. The highest BCUT2D eigenvalue weighted by Gasteiger charge is 2.13. The summed E-state index contributed by atoms with van der Waals surface area (Å²) in [4.78, 5) is 7.73. The largest absolute Gasteiger partial charge is 0.375 e. The third-order valence-electron chi connectivity index (χ3n) is 2.67. The van der Waals surface area contributed by atoms with Crippen molar-refractivity contribution in [2.24, 2.45) is 5.10 Å². The lowest BCUT2D eigenvalue weighted by molar-refractivity contribution is 0.137. The molecule has 0 fully saturated rings. The average Bonchev–Trinajstić information content (AvgIpc) is 2.99. The Morgan fingerprint density at radius 1 is 1.60 bits per heavy atom. The highest BCUT2D eigenvalue weighted by atomic mass is 32.1. The molecule has 0 aliphatic heterocycles. The molecule has 20 heavy (non-hydrogen) atoms. The summed E-state index contributed by atoms with van der Waals surface area (Å²) in [7, 11) is 1.70. The van der Waals surface area contributed by atoms with Crippen molar-refractivity contribution in [1.29, 1.82) is 0 Å². The summed E-state index contributed by atoms with van der Waals surface area (Å²) in [6.45, 7) is 5.47. The van der Waals surface area contributed by atoms with Crippen molar-refractivity contribution in [3.8, 4) is 11.8 Å². The molecule has 0 unspecified atom stereocenters. The molecule has 2 heterocycles. The van der Waals surface area contributed by atoms with Crippen molar-refractivity contribution < 1.29 is 5.11 Å². The molecule has 0 aromatic carbocycles. The lowest BCUT2D eigenvalue weighted by atomic mass is 10.2. The van der Waals surface area contributed by atoms with Gasteiger partial charge in [-0.1, -0.05) is 12.5 Å². The summed E-state index contributed by atoms with van der Waals surface area (Å²) in [5.74, 6) is 5.88. The van der Waals surface area contributed by atoms with E-state index in [9.17, 15) is 0 Å². The van der Waals surface area contributed by atoms with E-state index in [0.29, 0.717) is 6.42 Å². The maximum Gasteiger partial charge on any atom is 0.149 e. The van der Waals surface area contributed by atoms with Gasteiger partial charge in [0.05, 0.1) is 17.3 Å². The third kappa shape index (κ3) is 2.90. The molecule has 0 aliphatic carbocycles. The van der Waals surface area contributed by atoms with Crippen LogP contribution in [0.1, 0.15) is 23.2 Å². The van der Waals surface area contributed by atoms with Gasteiger partial charge in [0.25, 0.3) is 0 Å². The second-order valence-electron chi connectivity index (χ2n) is 4.09. The van der Waals surface area contributed by atoms with Crippen LogP contribution in [0.5, 0.6) is 0 Å². The van der Waals surface area contributed by atoms with Crippen molar-refractivity contribution in [2.75, 3.05) is 13.8 Å². The van der Waals surface area contributed by atoms with Gasteiger partial charge >= 0.3 is 0 Å². The Balaban J connectivity index is 2.42. The molecule has 0 aliphatic rings. The summed E-state index contributed by atoms with van der Waals surface area (Å²) < 4.78 is 1.03. The number of thiazole rings is 1. The molecular formula is C14H16N4OS. The SMILES string of the molecule is C=Cc1[nH]c2nc(CC#CC)sc2c1/C=N\N(C)CO. The quantitative estimate of drug-likeness (QED) is 0.383. The molecule has 0 atom stereocenters. The Morgan fingerprint density at radius 2 is 2.40 bits per heavy atom. The van der Waals surface area contributed by atoms with Gasteiger partial charge in [-0.3, -0.25) is 5.01 Å². The number of hydrogen-bond acceptors (Lipinski definition) is 5. The molecule has 2 rings (SSSR count). The van der Waals surface area contributed by atoms with Crippen LogP contribution in [0.15, 0.2) is 11.7 Å². The highest BCUT2D eigenvalue weighted by Crippen LogP contribution is 2.28. The summed E-state index contributed by atoms with van der Waals surface area (Å²) in [5.41, 5.74) is 2.64. The van der Waals surface area contributed by atoms with Crippen LogP contribution in [0.2, 0.25) is 0 Å². The maximum absolute atomic E-state index is 8.96. The fourth-order valence-electron chi connectivity index (χ4n) is 1.67. The monoisotopic (exact) mass is 288 g/mol. The van der Waals surface area contributed by atoms with Gasteiger partial charge in [-0.15, -0.1) is 17.3 Å². The van der Waals surface area contributed by atoms with Crippen LogP contribution in [0, 0.1) is 11.8 Å². The zero-order valence-electron chi connectivity index (χ0n) is 11.5. The van der Waals surface area contributed by atoms with Gasteiger partial charge in [0.2, 0.25) is 0 Å². The first kappa shape index (κ1) is 14.3. The second kappa shape index (κ2) is 6.37. The van der Waals surface area contributed by atoms with Crippen LogP contribution >= 0.6 is 11.3 Å². The molecule has 0 radical (unpaired) electrons. The predicted octanol–water partition coefficient (Wildman–Crippen LogP) is 2.05. The number of hydrogen-bond donors (Lipinski definition) is 2. The molecule has 0 amide bonds. The van der Waals surface area contributed by atoms with E-state index in [-0.39, 0.29) is 6.73 Å². The van der Waals surface area contributed by atoms with E-state index >= 15 is 0 Å². The minimum atomic E-state index is -0.131. The molecular weight excluding hydrogens is 272 g/mol. The number of aliphatic hydroxyl groups is 1. The van der Waals surface area contributed by atoms with Gasteiger partial charge in [-0.05, 0) is 13.0 Å². The van der Waals surface area contributed by atoms with E-state index in [0.717, 1.165) is 26.6 Å². The molecule has 104 valence electrons. The number of fused-ring (bicyclic) bond motifs is 1.